The van der Waals surface area contributed by atoms with E-state index in [-0.39, 0.29) is 24.3 Å². The van der Waals surface area contributed by atoms with E-state index >= 15 is 0 Å². The van der Waals surface area contributed by atoms with Gasteiger partial charge in [-0.1, -0.05) is 18.2 Å². The molecule has 3 aromatic rings. The Balaban J connectivity index is 1.76. The van der Waals surface area contributed by atoms with Crippen LogP contribution in [0.15, 0.2) is 72.7 Å². The van der Waals surface area contributed by atoms with E-state index in [1.165, 1.54) is 4.90 Å². The predicted molar refractivity (Wildman–Crippen MR) is 130 cm³/mol. The summed E-state index contributed by atoms with van der Waals surface area (Å²) in [5, 5.41) is 3.19. The van der Waals surface area contributed by atoms with Crippen LogP contribution >= 0.6 is 0 Å². The Morgan fingerprint density at radius 1 is 0.971 bits per heavy atom. The van der Waals surface area contributed by atoms with E-state index in [2.05, 4.69) is 10.3 Å². The molecule has 4 rings (SSSR count). The molecule has 0 bridgehead atoms. The highest BCUT2D eigenvalue weighted by molar-refractivity contribution is 6.36. The number of rotatable bonds is 8. The zero-order chi connectivity index (χ0) is 24.2. The van der Waals surface area contributed by atoms with E-state index in [1.807, 2.05) is 39.0 Å². The number of imide groups is 1. The van der Waals surface area contributed by atoms with E-state index in [1.54, 1.807) is 55.9 Å². The summed E-state index contributed by atoms with van der Waals surface area (Å²) < 4.78 is 11.2. The summed E-state index contributed by atoms with van der Waals surface area (Å²) in [7, 11) is 1.57. The molecule has 7 nitrogen and oxygen atoms in total. The average molecular weight is 458 g/mol. The third-order valence-corrected chi connectivity index (χ3v) is 5.39. The number of methoxy groups -OCH3 is 1. The lowest BCUT2D eigenvalue weighted by molar-refractivity contribution is -0.137. The number of pyridine rings is 1. The molecular formula is C27H27N3O4. The molecule has 1 aromatic heterocycles. The summed E-state index contributed by atoms with van der Waals surface area (Å²) in [6.45, 7) is 5.99. The minimum absolute atomic E-state index is 0.0293. The van der Waals surface area contributed by atoms with Crippen LogP contribution in [0.5, 0.6) is 11.5 Å². The number of carbonyl (C=O) groups is 2. The van der Waals surface area contributed by atoms with Crippen LogP contribution in [0.2, 0.25) is 0 Å². The highest BCUT2D eigenvalue weighted by atomic mass is 16.5. The summed E-state index contributed by atoms with van der Waals surface area (Å²) in [5.41, 5.74) is 3.55. The normalized spacial score (nSPS) is 13.6. The van der Waals surface area contributed by atoms with Gasteiger partial charge in [0.05, 0.1) is 31.0 Å². The molecule has 0 aliphatic carbocycles. The van der Waals surface area contributed by atoms with Crippen molar-refractivity contribution in [3.63, 3.8) is 0 Å². The van der Waals surface area contributed by atoms with Crippen LogP contribution in [0.25, 0.3) is 5.57 Å². The molecule has 2 amide bonds. The molecule has 34 heavy (non-hydrogen) atoms. The van der Waals surface area contributed by atoms with Crippen molar-refractivity contribution in [3.05, 3.63) is 89.4 Å². The van der Waals surface area contributed by atoms with E-state index < -0.39 is 5.91 Å². The van der Waals surface area contributed by atoms with Gasteiger partial charge < -0.3 is 14.8 Å². The van der Waals surface area contributed by atoms with E-state index in [4.69, 9.17) is 9.47 Å². The maximum atomic E-state index is 13.5. The lowest BCUT2D eigenvalue weighted by atomic mass is 10.0. The second kappa shape index (κ2) is 9.79. The molecule has 0 spiro atoms. The molecule has 0 saturated carbocycles. The SMILES string of the molecule is COc1ccc(C)cc1NC1=C(c2ccc(OC(C)C)cc2)C(=O)N(Cc2ccncc2)C1=O. The van der Waals surface area contributed by atoms with Gasteiger partial charge in [0.1, 0.15) is 17.2 Å². The predicted octanol–water partition coefficient (Wildman–Crippen LogP) is 4.58. The fraction of sp³-hybridized carbons (Fsp3) is 0.222. The first-order valence-corrected chi connectivity index (χ1v) is 11.1. The van der Waals surface area contributed by atoms with Crippen molar-refractivity contribution in [2.75, 3.05) is 12.4 Å². The minimum atomic E-state index is -0.400. The molecule has 0 unspecified atom stereocenters. The van der Waals surface area contributed by atoms with Crippen molar-refractivity contribution in [1.29, 1.82) is 0 Å². The topological polar surface area (TPSA) is 80.8 Å². The van der Waals surface area contributed by atoms with Gasteiger partial charge in [-0.3, -0.25) is 19.5 Å². The van der Waals surface area contributed by atoms with Crippen molar-refractivity contribution in [2.24, 2.45) is 0 Å². The zero-order valence-electron chi connectivity index (χ0n) is 19.7. The van der Waals surface area contributed by atoms with E-state index in [9.17, 15) is 9.59 Å². The molecule has 2 heterocycles. The number of anilines is 1. The zero-order valence-corrected chi connectivity index (χ0v) is 19.7. The number of ether oxygens (including phenoxy) is 2. The van der Waals surface area contributed by atoms with Crippen LogP contribution in [-0.4, -0.2) is 34.9 Å². The van der Waals surface area contributed by atoms with Gasteiger partial charge in [0.15, 0.2) is 0 Å². The maximum absolute atomic E-state index is 13.5. The fourth-order valence-electron chi connectivity index (χ4n) is 3.80. The molecule has 1 aliphatic heterocycles. The van der Waals surface area contributed by atoms with Crippen LogP contribution in [0.1, 0.15) is 30.5 Å². The Kier molecular flexibility index (Phi) is 6.63. The van der Waals surface area contributed by atoms with E-state index in [0.717, 1.165) is 11.1 Å². The summed E-state index contributed by atoms with van der Waals surface area (Å²) in [6, 6.07) is 16.4. The smallest absolute Gasteiger partial charge is 0.278 e. The van der Waals surface area contributed by atoms with Gasteiger partial charge in [-0.25, -0.2) is 0 Å². The minimum Gasteiger partial charge on any atom is -0.495 e. The maximum Gasteiger partial charge on any atom is 0.278 e. The highest BCUT2D eigenvalue weighted by Crippen LogP contribution is 2.35. The number of hydrogen-bond donors (Lipinski definition) is 1. The highest BCUT2D eigenvalue weighted by Gasteiger charge is 2.39. The molecule has 174 valence electrons. The number of carbonyl (C=O) groups excluding carboxylic acids is 2. The van der Waals surface area contributed by atoms with Gasteiger partial charge in [0, 0.05) is 12.4 Å². The number of aryl methyl sites for hydroxylation is 1. The first-order chi connectivity index (χ1) is 16.4. The van der Waals surface area contributed by atoms with Crippen molar-refractivity contribution in [2.45, 2.75) is 33.4 Å². The molecule has 1 N–H and O–H groups in total. The third kappa shape index (κ3) is 4.78. The summed E-state index contributed by atoms with van der Waals surface area (Å²) in [6.07, 6.45) is 3.30. The van der Waals surface area contributed by atoms with Crippen LogP contribution in [-0.2, 0) is 16.1 Å². The summed E-state index contributed by atoms with van der Waals surface area (Å²) in [4.78, 5) is 32.3. The summed E-state index contributed by atoms with van der Waals surface area (Å²) in [5.74, 6) is 0.502. The van der Waals surface area contributed by atoms with Gasteiger partial charge >= 0.3 is 0 Å². The molecular weight excluding hydrogens is 430 g/mol. The van der Waals surface area contributed by atoms with Crippen LogP contribution < -0.4 is 14.8 Å². The lowest BCUT2D eigenvalue weighted by Crippen LogP contribution is -2.32. The Labute approximate surface area is 199 Å². The second-order valence-corrected chi connectivity index (χ2v) is 8.32. The molecule has 0 atom stereocenters. The van der Waals surface area contributed by atoms with Crippen molar-refractivity contribution < 1.29 is 19.1 Å². The Morgan fingerprint density at radius 3 is 2.32 bits per heavy atom. The molecule has 2 aromatic carbocycles. The third-order valence-electron chi connectivity index (χ3n) is 5.39. The van der Waals surface area contributed by atoms with Crippen molar-refractivity contribution in [1.82, 2.24) is 9.88 Å². The first-order valence-electron chi connectivity index (χ1n) is 11.1. The molecule has 1 aliphatic rings. The van der Waals surface area contributed by atoms with Crippen molar-refractivity contribution in [3.8, 4) is 11.5 Å². The van der Waals surface area contributed by atoms with Crippen LogP contribution in [0, 0.1) is 6.92 Å². The van der Waals surface area contributed by atoms with Gasteiger partial charge in [-0.05, 0) is 73.9 Å². The number of hydrogen-bond acceptors (Lipinski definition) is 6. The molecule has 0 saturated heterocycles. The van der Waals surface area contributed by atoms with E-state index in [0.29, 0.717) is 28.3 Å². The number of amides is 2. The molecule has 7 heteroatoms. The van der Waals surface area contributed by atoms with Crippen LogP contribution in [0.3, 0.4) is 0 Å². The quantitative estimate of drug-likeness (QED) is 0.499. The van der Waals surface area contributed by atoms with Gasteiger partial charge in [-0.15, -0.1) is 0 Å². The van der Waals surface area contributed by atoms with Gasteiger partial charge in [-0.2, -0.15) is 0 Å². The van der Waals surface area contributed by atoms with Gasteiger partial charge in [0.25, 0.3) is 11.8 Å². The van der Waals surface area contributed by atoms with Crippen LogP contribution in [0.4, 0.5) is 5.69 Å². The Bertz CT molecular complexity index is 1230. The van der Waals surface area contributed by atoms with Gasteiger partial charge in [0.2, 0.25) is 0 Å². The van der Waals surface area contributed by atoms with Crippen molar-refractivity contribution >= 4 is 23.1 Å². The first kappa shape index (κ1) is 23.0. The monoisotopic (exact) mass is 457 g/mol. The Morgan fingerprint density at radius 2 is 1.68 bits per heavy atom. The molecule has 0 radical (unpaired) electrons. The molecule has 0 fully saturated rings. The number of nitrogens with one attached hydrogen (secondary N) is 1. The number of aromatic nitrogens is 1. The summed E-state index contributed by atoms with van der Waals surface area (Å²) >= 11 is 0. The lowest BCUT2D eigenvalue weighted by Gasteiger charge is -2.16. The second-order valence-electron chi connectivity index (χ2n) is 8.32. The average Bonchev–Trinajstić information content (AvgIpc) is 3.04. The number of nitrogens with zero attached hydrogens (tertiary/aromatic N) is 2. The Hall–Kier alpha value is -4.13. The number of benzene rings is 2. The standard InChI is InChI=1S/C27H27N3O4/c1-17(2)34-21-8-6-20(7-9-21)24-25(29-22-15-18(3)5-10-23(22)33-4)27(32)30(26(24)31)16-19-11-13-28-14-12-19/h5-15,17,29H,16H2,1-4H3. The largest absolute Gasteiger partial charge is 0.495 e. The fourth-order valence-corrected chi connectivity index (χ4v) is 3.80.